The zero-order valence-electron chi connectivity index (χ0n) is 6.76. The Morgan fingerprint density at radius 1 is 1.62 bits per heavy atom. The number of rotatable bonds is 3. The number of nitrogens with zero attached hydrogens (tertiary/aromatic N) is 1. The second kappa shape index (κ2) is 5.19. The molecule has 1 amide bonds. The molecule has 0 aliphatic rings. The Morgan fingerprint density at radius 3 is 3.00 bits per heavy atom. The molecule has 1 aromatic heterocycles. The molecule has 1 N–H and O–H groups in total. The summed E-state index contributed by atoms with van der Waals surface area (Å²) < 4.78 is 0.691. The second-order valence-corrected chi connectivity index (χ2v) is 3.52. The summed E-state index contributed by atoms with van der Waals surface area (Å²) in [5.74, 6) is 0.727. The first-order valence-electron chi connectivity index (χ1n) is 3.71. The van der Waals surface area contributed by atoms with Crippen LogP contribution >= 0.6 is 27.5 Å². The van der Waals surface area contributed by atoms with Gasteiger partial charge in [-0.2, -0.15) is 0 Å². The fourth-order valence-electron chi connectivity index (χ4n) is 0.769. The average Bonchev–Trinajstić information content (AvgIpc) is 2.04. The van der Waals surface area contributed by atoms with Gasteiger partial charge in [-0.15, -0.1) is 11.6 Å². The van der Waals surface area contributed by atoms with Crippen LogP contribution in [0.3, 0.4) is 0 Å². The van der Waals surface area contributed by atoms with Crippen LogP contribution in [0.5, 0.6) is 0 Å². The van der Waals surface area contributed by atoms with Crippen LogP contribution in [0.2, 0.25) is 0 Å². The number of pyridine rings is 1. The number of hydrogen-bond donors (Lipinski definition) is 1. The van der Waals surface area contributed by atoms with E-state index in [4.69, 9.17) is 11.6 Å². The molecule has 0 aliphatic heterocycles. The van der Waals surface area contributed by atoms with Crippen molar-refractivity contribution in [2.24, 2.45) is 0 Å². The third-order valence-corrected chi connectivity index (χ3v) is 1.93. The summed E-state index contributed by atoms with van der Waals surface area (Å²) in [4.78, 5) is 15.1. The van der Waals surface area contributed by atoms with Crippen molar-refractivity contribution in [3.63, 3.8) is 0 Å². The lowest BCUT2D eigenvalue weighted by Crippen LogP contribution is -2.12. The van der Waals surface area contributed by atoms with Crippen molar-refractivity contribution in [2.75, 3.05) is 11.2 Å². The quantitative estimate of drug-likeness (QED) is 0.672. The van der Waals surface area contributed by atoms with Gasteiger partial charge in [-0.05, 0) is 28.1 Å². The van der Waals surface area contributed by atoms with Crippen LogP contribution in [0.25, 0.3) is 0 Å². The third kappa shape index (κ3) is 3.74. The van der Waals surface area contributed by atoms with Crippen LogP contribution in [-0.4, -0.2) is 16.8 Å². The molecule has 13 heavy (non-hydrogen) atoms. The Bertz CT molecular complexity index is 306. The number of amides is 1. The Kier molecular flexibility index (Phi) is 4.18. The number of anilines is 1. The van der Waals surface area contributed by atoms with Gasteiger partial charge >= 0.3 is 0 Å². The maximum absolute atomic E-state index is 11.1. The summed E-state index contributed by atoms with van der Waals surface area (Å²) in [5, 5.41) is 2.62. The lowest BCUT2D eigenvalue weighted by atomic mass is 10.4. The minimum atomic E-state index is -0.124. The minimum Gasteiger partial charge on any atom is -0.311 e. The van der Waals surface area contributed by atoms with E-state index in [0.717, 1.165) is 0 Å². The predicted molar refractivity (Wildman–Crippen MR) is 55.9 cm³/mol. The van der Waals surface area contributed by atoms with Crippen LogP contribution in [0.1, 0.15) is 6.42 Å². The Labute approximate surface area is 89.6 Å². The van der Waals surface area contributed by atoms with Gasteiger partial charge in [-0.1, -0.05) is 6.07 Å². The summed E-state index contributed by atoms with van der Waals surface area (Å²) in [5.41, 5.74) is 0. The van der Waals surface area contributed by atoms with Gasteiger partial charge < -0.3 is 5.32 Å². The van der Waals surface area contributed by atoms with E-state index in [-0.39, 0.29) is 5.91 Å². The zero-order chi connectivity index (χ0) is 9.68. The number of alkyl halides is 1. The van der Waals surface area contributed by atoms with Crippen molar-refractivity contribution in [3.05, 3.63) is 22.8 Å². The van der Waals surface area contributed by atoms with Crippen molar-refractivity contribution < 1.29 is 4.79 Å². The van der Waals surface area contributed by atoms with Crippen LogP contribution in [-0.2, 0) is 4.79 Å². The topological polar surface area (TPSA) is 42.0 Å². The van der Waals surface area contributed by atoms with Gasteiger partial charge in [0, 0.05) is 12.3 Å². The van der Waals surface area contributed by atoms with Gasteiger partial charge in [-0.25, -0.2) is 4.98 Å². The summed E-state index contributed by atoms with van der Waals surface area (Å²) in [6, 6.07) is 5.31. The third-order valence-electron chi connectivity index (χ3n) is 1.30. The first-order valence-corrected chi connectivity index (χ1v) is 5.03. The average molecular weight is 264 g/mol. The molecule has 0 saturated carbocycles. The normalized spacial score (nSPS) is 9.69. The highest BCUT2D eigenvalue weighted by Gasteiger charge is 2.01. The maximum atomic E-state index is 11.1. The molecule has 0 unspecified atom stereocenters. The van der Waals surface area contributed by atoms with Crippen LogP contribution in [0.4, 0.5) is 5.82 Å². The van der Waals surface area contributed by atoms with E-state index in [0.29, 0.717) is 22.7 Å². The van der Waals surface area contributed by atoms with E-state index < -0.39 is 0 Å². The smallest absolute Gasteiger partial charge is 0.226 e. The fourth-order valence-corrected chi connectivity index (χ4v) is 1.28. The van der Waals surface area contributed by atoms with Gasteiger partial charge in [0.05, 0.1) is 0 Å². The van der Waals surface area contributed by atoms with Gasteiger partial charge in [0.1, 0.15) is 10.4 Å². The van der Waals surface area contributed by atoms with Gasteiger partial charge in [-0.3, -0.25) is 4.79 Å². The molecule has 0 bridgehead atoms. The summed E-state index contributed by atoms with van der Waals surface area (Å²) in [6.45, 7) is 0. The van der Waals surface area contributed by atoms with Crippen molar-refractivity contribution >= 4 is 39.3 Å². The molecule has 1 rings (SSSR count). The number of carbonyl (C=O) groups excluding carboxylic acids is 1. The monoisotopic (exact) mass is 262 g/mol. The molecular weight excluding hydrogens is 255 g/mol. The SMILES string of the molecule is O=C(CCCl)Nc1cccc(Br)n1. The van der Waals surface area contributed by atoms with Crippen LogP contribution < -0.4 is 5.32 Å². The predicted octanol–water partition coefficient (Wildman–Crippen LogP) is 2.41. The van der Waals surface area contributed by atoms with Crippen molar-refractivity contribution in [2.45, 2.75) is 6.42 Å². The zero-order valence-corrected chi connectivity index (χ0v) is 9.10. The highest BCUT2D eigenvalue weighted by atomic mass is 79.9. The number of aromatic nitrogens is 1. The van der Waals surface area contributed by atoms with Gasteiger partial charge in [0.15, 0.2) is 0 Å². The number of halogens is 2. The van der Waals surface area contributed by atoms with Crippen LogP contribution in [0, 0.1) is 0 Å². The van der Waals surface area contributed by atoms with E-state index in [2.05, 4.69) is 26.2 Å². The summed E-state index contributed by atoms with van der Waals surface area (Å²) in [6.07, 6.45) is 0.301. The van der Waals surface area contributed by atoms with E-state index in [1.807, 2.05) is 0 Å². The Hall–Kier alpha value is -0.610. The number of hydrogen-bond acceptors (Lipinski definition) is 2. The molecular formula is C8H8BrClN2O. The molecule has 0 saturated heterocycles. The molecule has 1 aromatic rings. The highest BCUT2D eigenvalue weighted by molar-refractivity contribution is 9.10. The molecule has 0 atom stereocenters. The molecule has 0 spiro atoms. The molecule has 70 valence electrons. The van der Waals surface area contributed by atoms with Gasteiger partial charge in [0.2, 0.25) is 5.91 Å². The molecule has 0 aromatic carbocycles. The highest BCUT2D eigenvalue weighted by Crippen LogP contribution is 2.10. The molecule has 1 heterocycles. The largest absolute Gasteiger partial charge is 0.311 e. The first-order chi connectivity index (χ1) is 6.22. The maximum Gasteiger partial charge on any atom is 0.226 e. The van der Waals surface area contributed by atoms with Crippen LogP contribution in [0.15, 0.2) is 22.8 Å². The first kappa shape index (κ1) is 10.5. The lowest BCUT2D eigenvalue weighted by Gasteiger charge is -2.02. The van der Waals surface area contributed by atoms with Crippen molar-refractivity contribution in [1.82, 2.24) is 4.98 Å². The molecule has 0 radical (unpaired) electrons. The summed E-state index contributed by atoms with van der Waals surface area (Å²) in [7, 11) is 0. The lowest BCUT2D eigenvalue weighted by molar-refractivity contribution is -0.115. The van der Waals surface area contributed by atoms with Crippen molar-refractivity contribution in [3.8, 4) is 0 Å². The Balaban J connectivity index is 2.58. The minimum absolute atomic E-state index is 0.124. The second-order valence-electron chi connectivity index (χ2n) is 2.33. The number of nitrogens with one attached hydrogen (secondary N) is 1. The molecule has 5 heteroatoms. The van der Waals surface area contributed by atoms with E-state index in [1.54, 1.807) is 18.2 Å². The van der Waals surface area contributed by atoms with E-state index in [9.17, 15) is 4.79 Å². The number of carbonyl (C=O) groups is 1. The summed E-state index contributed by atoms with van der Waals surface area (Å²) >= 11 is 8.61. The van der Waals surface area contributed by atoms with E-state index in [1.165, 1.54) is 0 Å². The van der Waals surface area contributed by atoms with E-state index >= 15 is 0 Å². The Morgan fingerprint density at radius 2 is 2.38 bits per heavy atom. The standard InChI is InChI=1S/C8H8BrClN2O/c9-6-2-1-3-7(11-6)12-8(13)4-5-10/h1-3H,4-5H2,(H,11,12,13). The fraction of sp³-hybridized carbons (Fsp3) is 0.250. The van der Waals surface area contributed by atoms with Gasteiger partial charge in [0.25, 0.3) is 0 Å². The molecule has 0 fully saturated rings. The molecule has 0 aliphatic carbocycles. The molecule has 3 nitrogen and oxygen atoms in total. The van der Waals surface area contributed by atoms with Crippen molar-refractivity contribution in [1.29, 1.82) is 0 Å².